The predicted molar refractivity (Wildman–Crippen MR) is 63.9 cm³/mol. The topological polar surface area (TPSA) is 56.7 Å². The molecule has 0 bridgehead atoms. The number of hydrogen-bond acceptors (Lipinski definition) is 3. The Hall–Kier alpha value is -1.68. The number of benzene rings is 1. The summed E-state index contributed by atoms with van der Waals surface area (Å²) in [4.78, 5) is 4.48. The fourth-order valence-electron chi connectivity index (χ4n) is 1.71. The second kappa shape index (κ2) is 4.45. The van der Waals surface area contributed by atoms with Crippen molar-refractivity contribution in [3.63, 3.8) is 0 Å². The zero-order valence-corrected chi connectivity index (χ0v) is 9.64. The van der Waals surface area contributed by atoms with Crippen molar-refractivity contribution in [2.75, 3.05) is 6.54 Å². The standard InChI is InChI=1S/C12H16N4/c1-9-4-3-5-10(8-9)12-14-11(6-7-13)15-16(12)2/h3-5,8H,6-7,13H2,1-2H3. The van der Waals surface area contributed by atoms with E-state index in [1.165, 1.54) is 5.56 Å². The maximum absolute atomic E-state index is 5.49. The van der Waals surface area contributed by atoms with Gasteiger partial charge in [-0.2, -0.15) is 5.10 Å². The number of aromatic nitrogens is 3. The molecule has 2 rings (SSSR count). The van der Waals surface area contributed by atoms with Gasteiger partial charge >= 0.3 is 0 Å². The molecule has 0 saturated heterocycles. The molecule has 0 aliphatic rings. The smallest absolute Gasteiger partial charge is 0.158 e. The van der Waals surface area contributed by atoms with Gasteiger partial charge < -0.3 is 5.73 Å². The third-order valence-corrected chi connectivity index (χ3v) is 2.45. The Bertz CT molecular complexity index is 488. The number of aryl methyl sites for hydroxylation is 2. The van der Waals surface area contributed by atoms with Gasteiger partial charge in [-0.15, -0.1) is 0 Å². The highest BCUT2D eigenvalue weighted by molar-refractivity contribution is 5.56. The normalized spacial score (nSPS) is 10.7. The van der Waals surface area contributed by atoms with Crippen LogP contribution in [0.15, 0.2) is 24.3 Å². The quantitative estimate of drug-likeness (QED) is 0.841. The molecule has 16 heavy (non-hydrogen) atoms. The number of nitrogens with zero attached hydrogens (tertiary/aromatic N) is 3. The summed E-state index contributed by atoms with van der Waals surface area (Å²) in [6.07, 6.45) is 0.722. The lowest BCUT2D eigenvalue weighted by Crippen LogP contribution is -2.04. The lowest BCUT2D eigenvalue weighted by molar-refractivity contribution is 0.744. The van der Waals surface area contributed by atoms with E-state index in [0.29, 0.717) is 6.54 Å². The van der Waals surface area contributed by atoms with E-state index >= 15 is 0 Å². The molecule has 2 N–H and O–H groups in total. The van der Waals surface area contributed by atoms with Crippen molar-refractivity contribution in [3.8, 4) is 11.4 Å². The molecular weight excluding hydrogens is 200 g/mol. The maximum Gasteiger partial charge on any atom is 0.158 e. The average molecular weight is 216 g/mol. The molecule has 1 aromatic carbocycles. The average Bonchev–Trinajstić information content (AvgIpc) is 2.60. The zero-order valence-electron chi connectivity index (χ0n) is 9.64. The predicted octanol–water partition coefficient (Wildman–Crippen LogP) is 1.29. The Balaban J connectivity index is 2.40. The van der Waals surface area contributed by atoms with Gasteiger partial charge in [0.15, 0.2) is 11.6 Å². The molecule has 0 unspecified atom stereocenters. The lowest BCUT2D eigenvalue weighted by Gasteiger charge is -2.00. The van der Waals surface area contributed by atoms with Crippen molar-refractivity contribution >= 4 is 0 Å². The Morgan fingerprint density at radius 1 is 1.38 bits per heavy atom. The van der Waals surface area contributed by atoms with E-state index in [1.807, 2.05) is 19.2 Å². The number of hydrogen-bond donors (Lipinski definition) is 1. The Kier molecular flexibility index (Phi) is 3.01. The summed E-state index contributed by atoms with van der Waals surface area (Å²) in [6, 6.07) is 8.25. The van der Waals surface area contributed by atoms with Crippen LogP contribution in [-0.4, -0.2) is 21.3 Å². The van der Waals surface area contributed by atoms with E-state index in [-0.39, 0.29) is 0 Å². The van der Waals surface area contributed by atoms with Crippen LogP contribution >= 0.6 is 0 Å². The van der Waals surface area contributed by atoms with Crippen LogP contribution in [0.25, 0.3) is 11.4 Å². The minimum Gasteiger partial charge on any atom is -0.330 e. The van der Waals surface area contributed by atoms with Crippen LogP contribution < -0.4 is 5.73 Å². The minimum absolute atomic E-state index is 0.581. The zero-order chi connectivity index (χ0) is 11.5. The van der Waals surface area contributed by atoms with Crippen LogP contribution in [0.2, 0.25) is 0 Å². The van der Waals surface area contributed by atoms with Gasteiger partial charge in [0.2, 0.25) is 0 Å². The van der Waals surface area contributed by atoms with Crippen LogP contribution in [0, 0.1) is 6.92 Å². The fourth-order valence-corrected chi connectivity index (χ4v) is 1.71. The van der Waals surface area contributed by atoms with E-state index in [2.05, 4.69) is 29.1 Å². The van der Waals surface area contributed by atoms with Crippen molar-refractivity contribution < 1.29 is 0 Å². The van der Waals surface area contributed by atoms with E-state index in [9.17, 15) is 0 Å². The highest BCUT2D eigenvalue weighted by atomic mass is 15.3. The molecule has 0 atom stereocenters. The number of nitrogens with two attached hydrogens (primary N) is 1. The molecule has 0 amide bonds. The first-order valence-electron chi connectivity index (χ1n) is 5.37. The Labute approximate surface area is 95.1 Å². The van der Waals surface area contributed by atoms with Crippen molar-refractivity contribution in [1.29, 1.82) is 0 Å². The van der Waals surface area contributed by atoms with Crippen molar-refractivity contribution in [1.82, 2.24) is 14.8 Å². The van der Waals surface area contributed by atoms with Gasteiger partial charge in [-0.1, -0.05) is 23.8 Å². The summed E-state index contributed by atoms with van der Waals surface area (Å²) in [6.45, 7) is 2.65. The molecule has 84 valence electrons. The molecule has 0 radical (unpaired) electrons. The largest absolute Gasteiger partial charge is 0.330 e. The molecule has 0 spiro atoms. The van der Waals surface area contributed by atoms with Crippen molar-refractivity contribution in [2.24, 2.45) is 12.8 Å². The Morgan fingerprint density at radius 3 is 2.88 bits per heavy atom. The second-order valence-electron chi connectivity index (χ2n) is 3.88. The number of rotatable bonds is 3. The first kappa shape index (κ1) is 10.8. The molecule has 4 heteroatoms. The van der Waals surface area contributed by atoms with Gasteiger partial charge in [0, 0.05) is 19.0 Å². The van der Waals surface area contributed by atoms with Crippen molar-refractivity contribution in [3.05, 3.63) is 35.7 Å². The van der Waals surface area contributed by atoms with Gasteiger partial charge in [-0.05, 0) is 19.5 Å². The Morgan fingerprint density at radius 2 is 2.19 bits per heavy atom. The molecule has 0 aliphatic heterocycles. The molecule has 0 fully saturated rings. The van der Waals surface area contributed by atoms with Crippen LogP contribution in [-0.2, 0) is 13.5 Å². The SMILES string of the molecule is Cc1cccc(-c2nc(CCN)nn2C)c1. The van der Waals surface area contributed by atoms with Gasteiger partial charge in [0.25, 0.3) is 0 Å². The monoisotopic (exact) mass is 216 g/mol. The third-order valence-electron chi connectivity index (χ3n) is 2.45. The molecular formula is C12H16N4. The molecule has 0 saturated carbocycles. The summed E-state index contributed by atoms with van der Waals surface area (Å²) in [7, 11) is 1.91. The summed E-state index contributed by atoms with van der Waals surface area (Å²) in [5.74, 6) is 1.70. The van der Waals surface area contributed by atoms with E-state index in [0.717, 1.165) is 23.6 Å². The summed E-state index contributed by atoms with van der Waals surface area (Å²) >= 11 is 0. The second-order valence-corrected chi connectivity index (χ2v) is 3.88. The minimum atomic E-state index is 0.581. The molecule has 1 heterocycles. The highest BCUT2D eigenvalue weighted by Gasteiger charge is 2.08. The van der Waals surface area contributed by atoms with E-state index in [4.69, 9.17) is 5.73 Å². The third kappa shape index (κ3) is 2.12. The van der Waals surface area contributed by atoms with Crippen LogP contribution in [0.5, 0.6) is 0 Å². The lowest BCUT2D eigenvalue weighted by atomic mass is 10.1. The molecule has 2 aromatic rings. The van der Waals surface area contributed by atoms with Gasteiger partial charge in [0.05, 0.1) is 0 Å². The van der Waals surface area contributed by atoms with Gasteiger partial charge in [-0.3, -0.25) is 0 Å². The summed E-state index contributed by atoms with van der Waals surface area (Å²) in [5, 5.41) is 4.33. The molecule has 1 aromatic heterocycles. The van der Waals surface area contributed by atoms with Gasteiger partial charge in [-0.25, -0.2) is 9.67 Å². The first-order valence-corrected chi connectivity index (χ1v) is 5.37. The van der Waals surface area contributed by atoms with Crippen LogP contribution in [0.1, 0.15) is 11.4 Å². The molecule has 4 nitrogen and oxygen atoms in total. The highest BCUT2D eigenvalue weighted by Crippen LogP contribution is 2.17. The van der Waals surface area contributed by atoms with Crippen molar-refractivity contribution in [2.45, 2.75) is 13.3 Å². The summed E-state index contributed by atoms with van der Waals surface area (Å²) in [5.41, 5.74) is 7.81. The van der Waals surface area contributed by atoms with E-state index < -0.39 is 0 Å². The fraction of sp³-hybridized carbons (Fsp3) is 0.333. The van der Waals surface area contributed by atoms with E-state index in [1.54, 1.807) is 4.68 Å². The molecule has 0 aliphatic carbocycles. The summed E-state index contributed by atoms with van der Waals surface area (Å²) < 4.78 is 1.81. The maximum atomic E-state index is 5.49. The van der Waals surface area contributed by atoms with Crippen LogP contribution in [0.3, 0.4) is 0 Å². The van der Waals surface area contributed by atoms with Crippen LogP contribution in [0.4, 0.5) is 0 Å². The van der Waals surface area contributed by atoms with Gasteiger partial charge in [0.1, 0.15) is 0 Å². The first-order chi connectivity index (χ1) is 7.70.